The summed E-state index contributed by atoms with van der Waals surface area (Å²) in [6, 6.07) is 7.41. The van der Waals surface area contributed by atoms with Gasteiger partial charge in [-0.3, -0.25) is 4.90 Å². The van der Waals surface area contributed by atoms with Crippen LogP contribution in [0.2, 0.25) is 5.02 Å². The minimum Gasteiger partial charge on any atom is -0.338 e. The molecule has 8 heteroatoms. The highest BCUT2D eigenvalue weighted by Gasteiger charge is 2.29. The summed E-state index contributed by atoms with van der Waals surface area (Å²) in [7, 11) is -2.97. The number of halogens is 1. The van der Waals surface area contributed by atoms with Gasteiger partial charge in [-0.15, -0.1) is 0 Å². The molecule has 1 atom stereocenters. The second-order valence-electron chi connectivity index (χ2n) is 7.27. The van der Waals surface area contributed by atoms with Gasteiger partial charge in [0.15, 0.2) is 9.84 Å². The largest absolute Gasteiger partial charge is 0.338 e. The summed E-state index contributed by atoms with van der Waals surface area (Å²) in [6.45, 7) is 3.46. The van der Waals surface area contributed by atoms with Gasteiger partial charge in [0.2, 0.25) is 0 Å². The highest BCUT2D eigenvalue weighted by atomic mass is 35.5. The first-order chi connectivity index (χ1) is 12.4. The smallest absolute Gasteiger partial charge is 0.315 e. The van der Waals surface area contributed by atoms with E-state index in [1.807, 2.05) is 18.2 Å². The van der Waals surface area contributed by atoms with Crippen LogP contribution >= 0.6 is 11.6 Å². The number of amides is 2. The third kappa shape index (κ3) is 5.59. The first-order valence-corrected chi connectivity index (χ1v) is 11.3. The van der Waals surface area contributed by atoms with Crippen molar-refractivity contribution >= 4 is 27.5 Å². The van der Waals surface area contributed by atoms with Gasteiger partial charge in [0.25, 0.3) is 0 Å². The van der Waals surface area contributed by atoms with Crippen molar-refractivity contribution in [2.75, 3.05) is 31.1 Å². The van der Waals surface area contributed by atoms with Crippen LogP contribution in [0.3, 0.4) is 0 Å². The molecule has 3 rings (SSSR count). The molecule has 0 radical (unpaired) electrons. The Kier molecular flexibility index (Phi) is 6.42. The van der Waals surface area contributed by atoms with Crippen LogP contribution in [0.4, 0.5) is 4.79 Å². The number of likely N-dealkylation sites (tertiary alicyclic amines) is 1. The van der Waals surface area contributed by atoms with Gasteiger partial charge in [-0.05, 0) is 49.9 Å². The van der Waals surface area contributed by atoms with E-state index in [0.717, 1.165) is 43.1 Å². The number of benzene rings is 1. The average molecular weight is 400 g/mol. The zero-order valence-electron chi connectivity index (χ0n) is 14.8. The van der Waals surface area contributed by atoms with Gasteiger partial charge in [0.1, 0.15) is 0 Å². The quantitative estimate of drug-likeness (QED) is 0.794. The number of urea groups is 1. The fraction of sp³-hybridized carbons (Fsp3) is 0.611. The summed E-state index contributed by atoms with van der Waals surface area (Å²) in [5.74, 6) is 0.679. The Labute approximate surface area is 160 Å². The Balaban J connectivity index is 1.35. The number of rotatable bonds is 5. The molecule has 2 aliphatic heterocycles. The molecule has 0 bridgehead atoms. The Hall–Kier alpha value is -1.31. The van der Waals surface area contributed by atoms with Crippen LogP contribution in [0.1, 0.15) is 24.8 Å². The molecular weight excluding hydrogens is 374 g/mol. The van der Waals surface area contributed by atoms with Crippen molar-refractivity contribution < 1.29 is 13.2 Å². The molecule has 2 amide bonds. The molecule has 2 heterocycles. The Bertz CT molecular complexity index is 733. The van der Waals surface area contributed by atoms with Crippen molar-refractivity contribution in [2.24, 2.45) is 5.92 Å². The van der Waals surface area contributed by atoms with Crippen molar-refractivity contribution in [1.82, 2.24) is 15.5 Å². The van der Waals surface area contributed by atoms with Crippen molar-refractivity contribution in [3.05, 3.63) is 34.9 Å². The molecule has 1 unspecified atom stereocenters. The molecule has 0 spiro atoms. The first-order valence-electron chi connectivity index (χ1n) is 9.12. The molecule has 1 aromatic carbocycles. The maximum absolute atomic E-state index is 12.0. The van der Waals surface area contributed by atoms with Gasteiger partial charge >= 0.3 is 6.03 Å². The van der Waals surface area contributed by atoms with Crippen LogP contribution in [0, 0.1) is 5.92 Å². The molecule has 2 fully saturated rings. The van der Waals surface area contributed by atoms with E-state index in [2.05, 4.69) is 21.6 Å². The highest BCUT2D eigenvalue weighted by Crippen LogP contribution is 2.22. The van der Waals surface area contributed by atoms with Gasteiger partial charge in [-0.1, -0.05) is 29.8 Å². The molecule has 2 saturated heterocycles. The number of hydrogen-bond acceptors (Lipinski definition) is 4. The van der Waals surface area contributed by atoms with Gasteiger partial charge in [0.05, 0.1) is 11.5 Å². The fourth-order valence-electron chi connectivity index (χ4n) is 3.60. The molecule has 1 aromatic rings. The molecule has 26 heavy (non-hydrogen) atoms. The van der Waals surface area contributed by atoms with Crippen LogP contribution in [-0.2, 0) is 16.4 Å². The van der Waals surface area contributed by atoms with Crippen molar-refractivity contribution in [2.45, 2.75) is 31.8 Å². The third-order valence-corrected chi connectivity index (χ3v) is 7.31. The normalized spacial score (nSPS) is 23.7. The monoisotopic (exact) mass is 399 g/mol. The summed E-state index contributed by atoms with van der Waals surface area (Å²) < 4.78 is 22.9. The van der Waals surface area contributed by atoms with Gasteiger partial charge < -0.3 is 10.6 Å². The molecule has 0 saturated carbocycles. The predicted octanol–water partition coefficient (Wildman–Crippen LogP) is 2.04. The number of hydrogen-bond donors (Lipinski definition) is 2. The second kappa shape index (κ2) is 8.59. The van der Waals surface area contributed by atoms with Gasteiger partial charge in [-0.2, -0.15) is 0 Å². The Morgan fingerprint density at radius 2 is 1.92 bits per heavy atom. The topological polar surface area (TPSA) is 78.5 Å². The molecule has 144 valence electrons. The standard InChI is InChI=1S/C18H26ClN3O3S/c19-17-4-2-1-3-15(17)12-22-8-5-14(6-9-22)11-20-18(23)21-16-7-10-26(24,25)13-16/h1-4,14,16H,5-13H2,(H2,20,21,23). The first kappa shape index (κ1) is 19.5. The molecule has 6 nitrogen and oxygen atoms in total. The Morgan fingerprint density at radius 3 is 2.58 bits per heavy atom. The van der Waals surface area contributed by atoms with Gasteiger partial charge in [0, 0.05) is 24.2 Å². The van der Waals surface area contributed by atoms with Crippen LogP contribution < -0.4 is 10.6 Å². The number of nitrogens with one attached hydrogen (secondary N) is 2. The molecule has 2 aliphatic rings. The minimum atomic E-state index is -2.97. The Morgan fingerprint density at radius 1 is 1.19 bits per heavy atom. The molecule has 2 N–H and O–H groups in total. The number of nitrogens with zero attached hydrogens (tertiary/aromatic N) is 1. The van der Waals surface area contributed by atoms with Crippen LogP contribution in [-0.4, -0.2) is 56.5 Å². The lowest BCUT2D eigenvalue weighted by molar-refractivity contribution is 0.174. The van der Waals surface area contributed by atoms with E-state index in [9.17, 15) is 13.2 Å². The van der Waals surface area contributed by atoms with E-state index in [4.69, 9.17) is 11.6 Å². The number of carbonyl (C=O) groups excluding carboxylic acids is 1. The van der Waals surface area contributed by atoms with Crippen LogP contribution in [0.15, 0.2) is 24.3 Å². The maximum atomic E-state index is 12.0. The third-order valence-electron chi connectivity index (χ3n) is 5.18. The second-order valence-corrected chi connectivity index (χ2v) is 9.90. The van der Waals surface area contributed by atoms with Crippen molar-refractivity contribution in [1.29, 1.82) is 0 Å². The molecule has 0 aromatic heterocycles. The fourth-order valence-corrected chi connectivity index (χ4v) is 5.47. The summed E-state index contributed by atoms with van der Waals surface area (Å²) in [5, 5.41) is 6.47. The van der Waals surface area contributed by atoms with E-state index in [-0.39, 0.29) is 23.6 Å². The number of sulfone groups is 1. The lowest BCUT2D eigenvalue weighted by Gasteiger charge is -2.32. The summed E-state index contributed by atoms with van der Waals surface area (Å²) in [6.07, 6.45) is 2.57. The number of piperidine rings is 1. The zero-order chi connectivity index (χ0) is 18.6. The highest BCUT2D eigenvalue weighted by molar-refractivity contribution is 7.91. The zero-order valence-corrected chi connectivity index (χ0v) is 16.4. The summed E-state index contributed by atoms with van der Waals surface area (Å²) in [5.41, 5.74) is 1.15. The van der Waals surface area contributed by atoms with E-state index >= 15 is 0 Å². The lowest BCUT2D eigenvalue weighted by atomic mass is 9.96. The molecular formula is C18H26ClN3O3S. The SMILES string of the molecule is O=C(NCC1CCN(Cc2ccccc2Cl)CC1)NC1CCS(=O)(=O)C1. The maximum Gasteiger partial charge on any atom is 0.315 e. The van der Waals surface area contributed by atoms with Crippen molar-refractivity contribution in [3.63, 3.8) is 0 Å². The summed E-state index contributed by atoms with van der Waals surface area (Å²) >= 11 is 6.23. The van der Waals surface area contributed by atoms with E-state index in [0.29, 0.717) is 18.9 Å². The van der Waals surface area contributed by atoms with Crippen LogP contribution in [0.5, 0.6) is 0 Å². The molecule has 0 aliphatic carbocycles. The summed E-state index contributed by atoms with van der Waals surface area (Å²) in [4.78, 5) is 14.3. The van der Waals surface area contributed by atoms with Crippen molar-refractivity contribution in [3.8, 4) is 0 Å². The van der Waals surface area contributed by atoms with E-state index in [1.165, 1.54) is 0 Å². The average Bonchev–Trinajstić information content (AvgIpc) is 2.95. The minimum absolute atomic E-state index is 0.0564. The predicted molar refractivity (Wildman–Crippen MR) is 103 cm³/mol. The van der Waals surface area contributed by atoms with E-state index < -0.39 is 9.84 Å². The number of carbonyl (C=O) groups is 1. The van der Waals surface area contributed by atoms with Crippen LogP contribution in [0.25, 0.3) is 0 Å². The van der Waals surface area contributed by atoms with E-state index in [1.54, 1.807) is 0 Å². The van der Waals surface area contributed by atoms with Gasteiger partial charge in [-0.25, -0.2) is 13.2 Å². The lowest BCUT2D eigenvalue weighted by Crippen LogP contribution is -2.45.